The van der Waals surface area contributed by atoms with Crippen molar-refractivity contribution in [2.75, 3.05) is 11.9 Å². The number of benzene rings is 1. The van der Waals surface area contributed by atoms with Gasteiger partial charge in [-0.05, 0) is 24.3 Å². The second kappa shape index (κ2) is 7.91. The van der Waals surface area contributed by atoms with Gasteiger partial charge in [-0.25, -0.2) is 9.37 Å². The zero-order valence-corrected chi connectivity index (χ0v) is 14.9. The summed E-state index contributed by atoms with van der Waals surface area (Å²) in [4.78, 5) is 20.7. The molecule has 0 saturated heterocycles. The summed E-state index contributed by atoms with van der Waals surface area (Å²) in [5.41, 5.74) is 1.88. The molecule has 0 aliphatic heterocycles. The van der Waals surface area contributed by atoms with E-state index >= 15 is 0 Å². The van der Waals surface area contributed by atoms with E-state index in [1.807, 2.05) is 4.40 Å². The van der Waals surface area contributed by atoms with Gasteiger partial charge in [0.05, 0.1) is 19.0 Å². The van der Waals surface area contributed by atoms with E-state index in [4.69, 9.17) is 4.42 Å². The van der Waals surface area contributed by atoms with Gasteiger partial charge in [-0.2, -0.15) is 0 Å². The largest absolute Gasteiger partial charge is 0.467 e. The molecule has 28 heavy (non-hydrogen) atoms. The molecule has 142 valence electrons. The first kappa shape index (κ1) is 17.7. The molecule has 8 heteroatoms. The molecule has 3 aromatic heterocycles. The van der Waals surface area contributed by atoms with Gasteiger partial charge in [0.1, 0.15) is 23.1 Å². The fraction of sp³-hybridized carbons (Fsp3) is 0.150. The van der Waals surface area contributed by atoms with Crippen molar-refractivity contribution >= 4 is 17.4 Å². The van der Waals surface area contributed by atoms with Crippen LogP contribution in [0.5, 0.6) is 0 Å². The summed E-state index contributed by atoms with van der Waals surface area (Å²) in [5, 5.41) is 6.05. The molecule has 4 rings (SSSR count). The summed E-state index contributed by atoms with van der Waals surface area (Å²) >= 11 is 0. The zero-order chi connectivity index (χ0) is 19.3. The molecular formula is C20H18FN5O2. The van der Waals surface area contributed by atoms with E-state index in [0.29, 0.717) is 41.6 Å². The number of hydrogen-bond acceptors (Lipinski definition) is 5. The van der Waals surface area contributed by atoms with E-state index < -0.39 is 0 Å². The first-order chi connectivity index (χ1) is 13.7. The van der Waals surface area contributed by atoms with Crippen LogP contribution in [0.15, 0.2) is 65.7 Å². The van der Waals surface area contributed by atoms with Gasteiger partial charge >= 0.3 is 0 Å². The average molecular weight is 379 g/mol. The third-order valence-electron chi connectivity index (χ3n) is 4.21. The fourth-order valence-corrected chi connectivity index (χ4v) is 2.89. The Hall–Kier alpha value is -3.68. The molecule has 0 radical (unpaired) electrons. The number of halogens is 1. The van der Waals surface area contributed by atoms with Gasteiger partial charge < -0.3 is 15.1 Å². The Balaban J connectivity index is 1.48. The van der Waals surface area contributed by atoms with Crippen LogP contribution in [0, 0.1) is 5.82 Å². The van der Waals surface area contributed by atoms with Crippen LogP contribution in [0.4, 0.5) is 10.2 Å². The van der Waals surface area contributed by atoms with Crippen LogP contribution in [0.25, 0.3) is 16.9 Å². The number of anilines is 1. The number of amides is 1. The highest BCUT2D eigenvalue weighted by Gasteiger charge is 2.15. The molecule has 3 heterocycles. The van der Waals surface area contributed by atoms with Crippen LogP contribution in [0.3, 0.4) is 0 Å². The number of furan rings is 1. The summed E-state index contributed by atoms with van der Waals surface area (Å²) in [6.45, 7) is 0.740. The van der Waals surface area contributed by atoms with Crippen LogP contribution in [-0.4, -0.2) is 26.8 Å². The summed E-state index contributed by atoms with van der Waals surface area (Å²) in [5.74, 6) is 0.938. The lowest BCUT2D eigenvalue weighted by Gasteiger charge is -2.09. The SMILES string of the molecule is O=C(CCNc1c(-c2cccc(F)c2)nc2cnccn12)NCc1ccco1. The predicted octanol–water partition coefficient (Wildman–Crippen LogP) is 3.25. The smallest absolute Gasteiger partial charge is 0.222 e. The highest BCUT2D eigenvalue weighted by Crippen LogP contribution is 2.28. The van der Waals surface area contributed by atoms with Gasteiger partial charge in [0.2, 0.25) is 5.91 Å². The minimum Gasteiger partial charge on any atom is -0.467 e. The normalized spacial score (nSPS) is 10.9. The predicted molar refractivity (Wildman–Crippen MR) is 102 cm³/mol. The Morgan fingerprint density at radius 3 is 3.00 bits per heavy atom. The van der Waals surface area contributed by atoms with Crippen LogP contribution >= 0.6 is 0 Å². The number of fused-ring (bicyclic) bond motifs is 1. The first-order valence-electron chi connectivity index (χ1n) is 8.81. The number of hydrogen-bond donors (Lipinski definition) is 2. The van der Waals surface area contributed by atoms with Crippen molar-refractivity contribution in [3.05, 3.63) is 72.8 Å². The molecule has 7 nitrogen and oxygen atoms in total. The van der Waals surface area contributed by atoms with Gasteiger partial charge in [0.15, 0.2) is 5.65 Å². The summed E-state index contributed by atoms with van der Waals surface area (Å²) in [7, 11) is 0. The van der Waals surface area contributed by atoms with Crippen molar-refractivity contribution in [1.29, 1.82) is 0 Å². The van der Waals surface area contributed by atoms with Crippen LogP contribution in [-0.2, 0) is 11.3 Å². The third-order valence-corrected chi connectivity index (χ3v) is 4.21. The van der Waals surface area contributed by atoms with Crippen molar-refractivity contribution in [2.24, 2.45) is 0 Å². The average Bonchev–Trinajstić information content (AvgIpc) is 3.34. The van der Waals surface area contributed by atoms with Crippen LogP contribution in [0.2, 0.25) is 0 Å². The molecular weight excluding hydrogens is 361 g/mol. The molecule has 0 bridgehead atoms. The number of rotatable bonds is 7. The third kappa shape index (κ3) is 3.85. The van der Waals surface area contributed by atoms with Gasteiger partial charge in [-0.15, -0.1) is 0 Å². The summed E-state index contributed by atoms with van der Waals surface area (Å²) in [6.07, 6.45) is 6.87. The Morgan fingerprint density at radius 1 is 1.25 bits per heavy atom. The summed E-state index contributed by atoms with van der Waals surface area (Å²) in [6, 6.07) is 9.82. The molecule has 0 aliphatic rings. The second-order valence-electron chi connectivity index (χ2n) is 6.16. The molecule has 1 amide bonds. The van der Waals surface area contributed by atoms with Gasteiger partial charge in [0, 0.05) is 30.9 Å². The number of carbonyl (C=O) groups excluding carboxylic acids is 1. The van der Waals surface area contributed by atoms with E-state index in [9.17, 15) is 9.18 Å². The lowest BCUT2D eigenvalue weighted by Crippen LogP contribution is -2.24. The van der Waals surface area contributed by atoms with Crippen molar-refractivity contribution in [3.8, 4) is 11.3 Å². The first-order valence-corrected chi connectivity index (χ1v) is 8.81. The molecule has 1 aromatic carbocycles. The minimum absolute atomic E-state index is 0.105. The van der Waals surface area contributed by atoms with Crippen molar-refractivity contribution in [3.63, 3.8) is 0 Å². The lowest BCUT2D eigenvalue weighted by atomic mass is 10.1. The molecule has 0 unspecified atom stereocenters. The molecule has 0 spiro atoms. The Labute approximate surface area is 160 Å². The van der Waals surface area contributed by atoms with E-state index in [1.165, 1.54) is 12.1 Å². The number of aromatic nitrogens is 3. The van der Waals surface area contributed by atoms with Gasteiger partial charge in [-0.1, -0.05) is 12.1 Å². The minimum atomic E-state index is -0.337. The van der Waals surface area contributed by atoms with E-state index in [2.05, 4.69) is 20.6 Å². The maximum absolute atomic E-state index is 13.7. The number of nitrogens with zero attached hydrogens (tertiary/aromatic N) is 3. The maximum atomic E-state index is 13.7. The summed E-state index contributed by atoms with van der Waals surface area (Å²) < 4.78 is 20.7. The highest BCUT2D eigenvalue weighted by atomic mass is 19.1. The monoisotopic (exact) mass is 379 g/mol. The van der Waals surface area contributed by atoms with Crippen molar-refractivity contribution in [1.82, 2.24) is 19.7 Å². The molecule has 0 aliphatic carbocycles. The zero-order valence-electron chi connectivity index (χ0n) is 14.9. The topological polar surface area (TPSA) is 84.5 Å². The van der Waals surface area contributed by atoms with Crippen LogP contribution < -0.4 is 10.6 Å². The van der Waals surface area contributed by atoms with Crippen molar-refractivity contribution < 1.29 is 13.6 Å². The second-order valence-corrected chi connectivity index (χ2v) is 6.16. The Morgan fingerprint density at radius 2 is 2.18 bits per heavy atom. The number of imidazole rings is 1. The Bertz CT molecular complexity index is 1090. The van der Waals surface area contributed by atoms with E-state index in [-0.39, 0.29) is 18.1 Å². The van der Waals surface area contributed by atoms with E-state index in [1.54, 1.807) is 49.1 Å². The molecule has 0 saturated carbocycles. The van der Waals surface area contributed by atoms with Crippen LogP contribution in [0.1, 0.15) is 12.2 Å². The van der Waals surface area contributed by atoms with Gasteiger partial charge in [0.25, 0.3) is 0 Å². The Kier molecular flexibility index (Phi) is 5.01. The molecule has 0 atom stereocenters. The highest BCUT2D eigenvalue weighted by molar-refractivity contribution is 5.78. The standard InChI is InChI=1S/C20H18FN5O2/c21-15-4-1-3-14(11-15)19-20(26-9-8-22-13-17(26)25-19)23-7-6-18(27)24-12-16-5-2-10-28-16/h1-5,8-11,13,23H,6-7,12H2,(H,24,27). The lowest BCUT2D eigenvalue weighted by molar-refractivity contribution is -0.121. The fourth-order valence-electron chi connectivity index (χ4n) is 2.89. The van der Waals surface area contributed by atoms with Gasteiger partial charge in [-0.3, -0.25) is 14.2 Å². The van der Waals surface area contributed by atoms with E-state index in [0.717, 1.165) is 0 Å². The van der Waals surface area contributed by atoms with Crippen molar-refractivity contribution in [2.45, 2.75) is 13.0 Å². The molecule has 2 N–H and O–H groups in total. The maximum Gasteiger partial charge on any atom is 0.222 e. The quantitative estimate of drug-likeness (QED) is 0.515. The molecule has 4 aromatic rings. The number of nitrogens with one attached hydrogen (secondary N) is 2. The number of carbonyl (C=O) groups is 1. The molecule has 0 fully saturated rings.